The molecule has 0 aliphatic carbocycles. The first-order valence-electron chi connectivity index (χ1n) is 6.60. The van der Waals surface area contributed by atoms with Gasteiger partial charge in [0, 0.05) is 12.5 Å². The van der Waals surface area contributed by atoms with Crippen LogP contribution in [-0.4, -0.2) is 22.6 Å². The van der Waals surface area contributed by atoms with Crippen molar-refractivity contribution in [1.82, 2.24) is 15.3 Å². The molecular weight excluding hydrogens is 246 g/mol. The maximum Gasteiger partial charge on any atom is 0.108 e. The Morgan fingerprint density at radius 3 is 3.06 bits per heavy atom. The van der Waals surface area contributed by atoms with Gasteiger partial charge in [-0.25, -0.2) is 4.98 Å². The number of nitrogens with zero attached hydrogens (tertiary/aromatic N) is 1. The Kier molecular flexibility index (Phi) is 3.27. The Labute approximate surface area is 112 Å². The third kappa shape index (κ3) is 2.38. The van der Waals surface area contributed by atoms with Crippen LogP contribution in [0.2, 0.25) is 5.02 Å². The molecule has 1 atom stereocenters. The lowest BCUT2D eigenvalue weighted by molar-refractivity contribution is 0.395. The Morgan fingerprint density at radius 1 is 1.39 bits per heavy atom. The molecule has 1 fully saturated rings. The number of aryl methyl sites for hydroxylation is 1. The highest BCUT2D eigenvalue weighted by Gasteiger charge is 2.15. The topological polar surface area (TPSA) is 40.7 Å². The minimum Gasteiger partial charge on any atom is -0.342 e. The molecular formula is C14H18ClN3. The number of H-pyrrole nitrogens is 1. The molecule has 2 heterocycles. The normalized spacial score (nSPS) is 20.4. The molecule has 1 aromatic carbocycles. The summed E-state index contributed by atoms with van der Waals surface area (Å²) in [6.07, 6.45) is 4.81. The van der Waals surface area contributed by atoms with Crippen molar-refractivity contribution in [3.05, 3.63) is 28.5 Å². The van der Waals surface area contributed by atoms with Crippen LogP contribution in [0.3, 0.4) is 0 Å². The summed E-state index contributed by atoms with van der Waals surface area (Å²) in [5, 5.41) is 4.28. The summed E-state index contributed by atoms with van der Waals surface area (Å²) >= 11 is 6.22. The summed E-state index contributed by atoms with van der Waals surface area (Å²) < 4.78 is 0. The van der Waals surface area contributed by atoms with Crippen LogP contribution in [0.5, 0.6) is 0 Å². The van der Waals surface area contributed by atoms with Crippen molar-refractivity contribution in [1.29, 1.82) is 0 Å². The summed E-state index contributed by atoms with van der Waals surface area (Å²) in [4.78, 5) is 8.01. The molecule has 18 heavy (non-hydrogen) atoms. The third-order valence-corrected chi connectivity index (χ3v) is 3.87. The standard InChI is InChI=1S/C14H18ClN3/c1-9-6-11(15)14-12(7-9)17-13(18-14)8-10-4-2-3-5-16-10/h6-7,10,16H,2-5,8H2,1H3,(H,17,18). The minimum atomic E-state index is 0.555. The number of hydrogen-bond acceptors (Lipinski definition) is 2. The molecule has 2 aromatic rings. The Morgan fingerprint density at radius 2 is 2.28 bits per heavy atom. The van der Waals surface area contributed by atoms with Gasteiger partial charge < -0.3 is 10.3 Å². The van der Waals surface area contributed by atoms with E-state index in [0.29, 0.717) is 6.04 Å². The van der Waals surface area contributed by atoms with Crippen LogP contribution < -0.4 is 5.32 Å². The van der Waals surface area contributed by atoms with E-state index in [4.69, 9.17) is 11.6 Å². The first kappa shape index (κ1) is 12.0. The van der Waals surface area contributed by atoms with Crippen molar-refractivity contribution in [2.24, 2.45) is 0 Å². The van der Waals surface area contributed by atoms with E-state index in [9.17, 15) is 0 Å². The molecule has 0 bridgehead atoms. The second kappa shape index (κ2) is 4.90. The molecule has 0 amide bonds. The van der Waals surface area contributed by atoms with Crippen LogP contribution in [0.25, 0.3) is 11.0 Å². The van der Waals surface area contributed by atoms with Gasteiger partial charge >= 0.3 is 0 Å². The van der Waals surface area contributed by atoms with Gasteiger partial charge in [0.2, 0.25) is 0 Å². The van der Waals surface area contributed by atoms with E-state index in [1.54, 1.807) is 0 Å². The van der Waals surface area contributed by atoms with E-state index in [2.05, 4.69) is 28.3 Å². The fraction of sp³-hybridized carbons (Fsp3) is 0.500. The monoisotopic (exact) mass is 263 g/mol. The molecule has 0 saturated carbocycles. The molecule has 0 radical (unpaired) electrons. The zero-order valence-corrected chi connectivity index (χ0v) is 11.3. The highest BCUT2D eigenvalue weighted by atomic mass is 35.5. The lowest BCUT2D eigenvalue weighted by Crippen LogP contribution is -2.35. The molecule has 2 N–H and O–H groups in total. The van der Waals surface area contributed by atoms with Gasteiger partial charge in [0.05, 0.1) is 10.5 Å². The number of nitrogens with one attached hydrogen (secondary N) is 2. The van der Waals surface area contributed by atoms with Crippen LogP contribution in [0.15, 0.2) is 12.1 Å². The van der Waals surface area contributed by atoms with E-state index < -0.39 is 0 Å². The molecule has 1 unspecified atom stereocenters. The number of aromatic nitrogens is 2. The average Bonchev–Trinajstić information content (AvgIpc) is 2.73. The summed E-state index contributed by atoms with van der Waals surface area (Å²) in [6, 6.07) is 4.62. The Hall–Kier alpha value is -1.06. The number of piperidine rings is 1. The highest BCUT2D eigenvalue weighted by molar-refractivity contribution is 6.35. The molecule has 96 valence electrons. The van der Waals surface area contributed by atoms with Crippen LogP contribution in [-0.2, 0) is 6.42 Å². The quantitative estimate of drug-likeness (QED) is 0.874. The van der Waals surface area contributed by atoms with Crippen LogP contribution in [0.1, 0.15) is 30.7 Å². The van der Waals surface area contributed by atoms with Gasteiger partial charge in [0.15, 0.2) is 0 Å². The maximum atomic E-state index is 6.22. The number of rotatable bonds is 2. The van der Waals surface area contributed by atoms with Crippen molar-refractivity contribution < 1.29 is 0 Å². The van der Waals surface area contributed by atoms with Gasteiger partial charge in [0.25, 0.3) is 0 Å². The molecule has 1 aliphatic heterocycles. The lowest BCUT2D eigenvalue weighted by atomic mass is 10.0. The second-order valence-corrected chi connectivity index (χ2v) is 5.58. The smallest absolute Gasteiger partial charge is 0.108 e. The first-order chi connectivity index (χ1) is 8.72. The van der Waals surface area contributed by atoms with Crippen molar-refractivity contribution in [2.75, 3.05) is 6.54 Å². The summed E-state index contributed by atoms with van der Waals surface area (Å²) in [5.74, 6) is 1.04. The minimum absolute atomic E-state index is 0.555. The summed E-state index contributed by atoms with van der Waals surface area (Å²) in [6.45, 7) is 3.18. The largest absolute Gasteiger partial charge is 0.342 e. The molecule has 3 nitrogen and oxygen atoms in total. The van der Waals surface area contributed by atoms with Crippen molar-refractivity contribution in [3.8, 4) is 0 Å². The Bertz CT molecular complexity index is 555. The number of hydrogen-bond donors (Lipinski definition) is 2. The number of halogens is 1. The van der Waals surface area contributed by atoms with Crippen LogP contribution in [0, 0.1) is 6.92 Å². The second-order valence-electron chi connectivity index (χ2n) is 5.18. The van der Waals surface area contributed by atoms with Gasteiger partial charge in [-0.2, -0.15) is 0 Å². The van der Waals surface area contributed by atoms with Crippen molar-refractivity contribution in [2.45, 2.75) is 38.6 Å². The van der Waals surface area contributed by atoms with Gasteiger partial charge in [-0.3, -0.25) is 0 Å². The third-order valence-electron chi connectivity index (χ3n) is 3.59. The molecule has 1 aliphatic rings. The maximum absolute atomic E-state index is 6.22. The average molecular weight is 264 g/mol. The molecule has 4 heteroatoms. The molecule has 1 aromatic heterocycles. The van der Waals surface area contributed by atoms with Crippen LogP contribution in [0.4, 0.5) is 0 Å². The number of fused-ring (bicyclic) bond motifs is 1. The van der Waals surface area contributed by atoms with Crippen LogP contribution >= 0.6 is 11.6 Å². The van der Waals surface area contributed by atoms with Gasteiger partial charge in [-0.15, -0.1) is 0 Å². The van der Waals surface area contributed by atoms with E-state index in [-0.39, 0.29) is 0 Å². The zero-order valence-electron chi connectivity index (χ0n) is 10.6. The van der Waals surface area contributed by atoms with E-state index in [0.717, 1.165) is 34.8 Å². The SMILES string of the molecule is Cc1cc(Cl)c2nc(CC3CCCCN3)[nH]c2c1. The van der Waals surface area contributed by atoms with Gasteiger partial charge in [-0.1, -0.05) is 18.0 Å². The van der Waals surface area contributed by atoms with Gasteiger partial charge in [-0.05, 0) is 44.0 Å². The van der Waals surface area contributed by atoms with E-state index >= 15 is 0 Å². The summed E-state index contributed by atoms with van der Waals surface area (Å²) in [5.41, 5.74) is 3.11. The Balaban J connectivity index is 1.86. The lowest BCUT2D eigenvalue weighted by Gasteiger charge is -2.22. The number of aromatic amines is 1. The van der Waals surface area contributed by atoms with Gasteiger partial charge in [0.1, 0.15) is 11.3 Å². The fourth-order valence-corrected chi connectivity index (χ4v) is 3.01. The zero-order chi connectivity index (χ0) is 12.5. The fourth-order valence-electron chi connectivity index (χ4n) is 2.69. The predicted molar refractivity (Wildman–Crippen MR) is 75.2 cm³/mol. The van der Waals surface area contributed by atoms with Crippen molar-refractivity contribution in [3.63, 3.8) is 0 Å². The number of benzene rings is 1. The van der Waals surface area contributed by atoms with Crippen molar-refractivity contribution >= 4 is 22.6 Å². The molecule has 1 saturated heterocycles. The highest BCUT2D eigenvalue weighted by Crippen LogP contribution is 2.24. The predicted octanol–water partition coefficient (Wildman–Crippen LogP) is 3.21. The van der Waals surface area contributed by atoms with E-state index in [1.807, 2.05) is 6.07 Å². The van der Waals surface area contributed by atoms with E-state index in [1.165, 1.54) is 24.8 Å². The molecule has 3 rings (SSSR count). The first-order valence-corrected chi connectivity index (χ1v) is 6.98. The summed E-state index contributed by atoms with van der Waals surface area (Å²) in [7, 11) is 0. The number of imidazole rings is 1. The molecule has 0 spiro atoms.